The van der Waals surface area contributed by atoms with E-state index in [-0.39, 0.29) is 25.9 Å². The van der Waals surface area contributed by atoms with Crippen LogP contribution in [0.1, 0.15) is 36.8 Å². The van der Waals surface area contributed by atoms with Crippen molar-refractivity contribution in [2.24, 2.45) is 0 Å². The Balaban J connectivity index is 1.63. The highest BCUT2D eigenvalue weighted by Crippen LogP contribution is 2.21. The molecular formula is C17H24N12O3. The second-order valence-electron chi connectivity index (χ2n) is 7.84. The average Bonchev–Trinajstić information content (AvgIpc) is 3.47. The molecule has 1 aliphatic heterocycles. The average molecular weight is 444 g/mol. The van der Waals surface area contributed by atoms with Gasteiger partial charge in [0.15, 0.2) is 0 Å². The van der Waals surface area contributed by atoms with Crippen molar-refractivity contribution in [2.45, 2.75) is 60.0 Å². The van der Waals surface area contributed by atoms with Crippen LogP contribution >= 0.6 is 0 Å². The van der Waals surface area contributed by atoms with Gasteiger partial charge in [-0.05, 0) is 19.8 Å². The van der Waals surface area contributed by atoms with E-state index in [0.29, 0.717) is 11.4 Å². The Hall–Kier alpha value is -3.88. The van der Waals surface area contributed by atoms with Gasteiger partial charge in [0.25, 0.3) is 0 Å². The molecule has 0 radical (unpaired) electrons. The quantitative estimate of drug-likeness (QED) is 0.526. The summed E-state index contributed by atoms with van der Waals surface area (Å²) < 4.78 is 4.20. The minimum Gasteiger partial charge on any atom is -0.356 e. The highest BCUT2D eigenvalue weighted by Gasteiger charge is 2.44. The third kappa shape index (κ3) is 4.14. The van der Waals surface area contributed by atoms with Gasteiger partial charge in [-0.2, -0.15) is 0 Å². The van der Waals surface area contributed by atoms with Crippen molar-refractivity contribution in [1.82, 2.24) is 59.7 Å². The van der Waals surface area contributed by atoms with Crippen LogP contribution in [0.25, 0.3) is 0 Å². The first kappa shape index (κ1) is 21.4. The lowest BCUT2D eigenvalue weighted by molar-refractivity contribution is -0.119. The first-order valence-electron chi connectivity index (χ1n) is 9.93. The maximum atomic E-state index is 13.2. The van der Waals surface area contributed by atoms with E-state index in [9.17, 15) is 14.7 Å². The second-order valence-corrected chi connectivity index (χ2v) is 7.84. The molecule has 1 aliphatic rings. The molecule has 1 saturated heterocycles. The number of aliphatic hydroxyl groups excluding tert-OH is 1. The molecule has 0 bridgehead atoms. The van der Waals surface area contributed by atoms with Crippen molar-refractivity contribution < 1.29 is 14.7 Å². The van der Waals surface area contributed by atoms with Gasteiger partial charge in [-0.1, -0.05) is 29.5 Å². The number of aromatic nitrogens is 9. The molecule has 3 aromatic rings. The van der Waals surface area contributed by atoms with Gasteiger partial charge in [0.05, 0.1) is 35.7 Å². The van der Waals surface area contributed by atoms with Gasteiger partial charge >= 0.3 is 12.1 Å². The Labute approximate surface area is 182 Å². The minimum absolute atomic E-state index is 0.118. The summed E-state index contributed by atoms with van der Waals surface area (Å²) in [6, 6.07) is -1.41. The van der Waals surface area contributed by atoms with Crippen LogP contribution in [0.3, 0.4) is 0 Å². The topological polar surface area (TPSA) is 156 Å². The predicted molar refractivity (Wildman–Crippen MR) is 106 cm³/mol. The maximum absolute atomic E-state index is 13.2. The van der Waals surface area contributed by atoms with E-state index < -0.39 is 18.4 Å². The van der Waals surface area contributed by atoms with Crippen LogP contribution in [-0.2, 0) is 20.0 Å². The monoisotopic (exact) mass is 444 g/mol. The number of imide groups is 1. The van der Waals surface area contributed by atoms with E-state index in [1.807, 2.05) is 13.8 Å². The van der Waals surface area contributed by atoms with Gasteiger partial charge in [0.1, 0.15) is 20.0 Å². The zero-order chi connectivity index (χ0) is 23.0. The van der Waals surface area contributed by atoms with E-state index in [4.69, 9.17) is 0 Å². The second kappa shape index (κ2) is 8.33. The lowest BCUT2D eigenvalue weighted by Crippen LogP contribution is -2.66. The van der Waals surface area contributed by atoms with Crippen LogP contribution < -0.4 is 0 Å². The van der Waals surface area contributed by atoms with Gasteiger partial charge in [-0.3, -0.25) is 9.80 Å². The Bertz CT molecular complexity index is 1120. The molecule has 0 aromatic carbocycles. The summed E-state index contributed by atoms with van der Waals surface area (Å²) in [7, 11) is 0. The zero-order valence-electron chi connectivity index (χ0n) is 18.1. The van der Waals surface area contributed by atoms with Crippen LogP contribution in [-0.4, -0.2) is 83.2 Å². The van der Waals surface area contributed by atoms with Crippen molar-refractivity contribution in [1.29, 1.82) is 0 Å². The van der Waals surface area contributed by atoms with E-state index in [1.165, 1.54) is 14.0 Å². The zero-order valence-corrected chi connectivity index (χ0v) is 18.1. The van der Waals surface area contributed by atoms with Crippen LogP contribution in [0.2, 0.25) is 0 Å². The molecule has 15 nitrogen and oxygen atoms in total. The maximum Gasteiger partial charge on any atom is 0.334 e. The van der Waals surface area contributed by atoms with E-state index in [2.05, 4.69) is 30.9 Å². The number of urea groups is 2. The molecular weight excluding hydrogens is 420 g/mol. The molecule has 0 aliphatic carbocycles. The molecule has 0 spiro atoms. The molecule has 0 saturated carbocycles. The summed E-state index contributed by atoms with van der Waals surface area (Å²) in [5.74, 6) is 0.145. The van der Waals surface area contributed by atoms with Crippen molar-refractivity contribution in [3.63, 3.8) is 0 Å². The van der Waals surface area contributed by atoms with Crippen LogP contribution in [0.15, 0.2) is 18.6 Å². The van der Waals surface area contributed by atoms with Gasteiger partial charge in [0.2, 0.25) is 6.35 Å². The third-order valence-electron chi connectivity index (χ3n) is 4.85. The van der Waals surface area contributed by atoms with Crippen LogP contribution in [0.5, 0.6) is 0 Å². The minimum atomic E-state index is -1.56. The largest absolute Gasteiger partial charge is 0.356 e. The number of hydrogen-bond donors (Lipinski definition) is 1. The van der Waals surface area contributed by atoms with Gasteiger partial charge in [-0.25, -0.2) is 28.5 Å². The summed E-state index contributed by atoms with van der Waals surface area (Å²) in [6.45, 7) is 7.03. The van der Waals surface area contributed by atoms with Gasteiger partial charge in [-0.15, -0.1) is 15.3 Å². The Morgan fingerprint density at radius 3 is 1.72 bits per heavy atom. The SMILES string of the molecule is Cc1cn(CN2C(=O)N(Cn3cc(C)nn3)C(O)N(Cn3cc(C(C)C)nn3)C2=O)nn1. The molecule has 4 amide bonds. The molecule has 1 unspecified atom stereocenters. The molecule has 4 rings (SSSR count). The number of nitrogens with zero attached hydrogens (tertiary/aromatic N) is 12. The molecule has 1 atom stereocenters. The summed E-state index contributed by atoms with van der Waals surface area (Å²) in [5.41, 5.74) is 2.03. The number of hydrogen-bond acceptors (Lipinski definition) is 9. The van der Waals surface area contributed by atoms with Crippen LogP contribution in [0, 0.1) is 13.8 Å². The number of carbonyl (C=O) groups is 2. The molecule has 1 N–H and O–H groups in total. The van der Waals surface area contributed by atoms with Crippen molar-refractivity contribution in [3.05, 3.63) is 35.7 Å². The van der Waals surface area contributed by atoms with Crippen molar-refractivity contribution in [3.8, 4) is 0 Å². The highest BCUT2D eigenvalue weighted by atomic mass is 16.3. The molecule has 170 valence electrons. The summed E-state index contributed by atoms with van der Waals surface area (Å²) in [5, 5.41) is 34.7. The van der Waals surface area contributed by atoms with Crippen molar-refractivity contribution in [2.75, 3.05) is 0 Å². The Morgan fingerprint density at radius 1 is 0.812 bits per heavy atom. The first-order valence-corrected chi connectivity index (χ1v) is 9.93. The lowest BCUT2D eigenvalue weighted by atomic mass is 10.2. The lowest BCUT2D eigenvalue weighted by Gasteiger charge is -2.43. The number of rotatable bonds is 7. The summed E-state index contributed by atoms with van der Waals surface area (Å²) >= 11 is 0. The fraction of sp³-hybridized carbons (Fsp3) is 0.529. The molecule has 3 aromatic heterocycles. The van der Waals surface area contributed by atoms with Gasteiger partial charge in [0, 0.05) is 0 Å². The summed E-state index contributed by atoms with van der Waals surface area (Å²) in [6.07, 6.45) is 3.36. The highest BCUT2D eigenvalue weighted by molar-refractivity contribution is 5.95. The normalized spacial score (nSPS) is 17.2. The number of amides is 4. The first-order chi connectivity index (χ1) is 15.2. The Kier molecular flexibility index (Phi) is 5.56. The standard InChI is InChI=1S/C17H24N12O3/c1-11(2)14-7-26(23-20-14)10-29-16(31)27(8-24-5-12(3)18-21-24)15(30)28(17(29)32)9-25-6-13(4)19-22-25/h5-7,11,16,31H,8-10H2,1-4H3. The number of carbonyl (C=O) groups excluding carboxylic acids is 2. The Morgan fingerprint density at radius 2 is 1.28 bits per heavy atom. The fourth-order valence-electron chi connectivity index (χ4n) is 3.18. The predicted octanol–water partition coefficient (Wildman–Crippen LogP) is -0.0903. The van der Waals surface area contributed by atoms with Crippen LogP contribution in [0.4, 0.5) is 9.59 Å². The summed E-state index contributed by atoms with van der Waals surface area (Å²) in [4.78, 5) is 29.5. The molecule has 1 fully saturated rings. The van der Waals surface area contributed by atoms with Crippen molar-refractivity contribution >= 4 is 12.1 Å². The van der Waals surface area contributed by atoms with E-state index >= 15 is 0 Å². The fourth-order valence-corrected chi connectivity index (χ4v) is 3.18. The molecule has 32 heavy (non-hydrogen) atoms. The molecule has 15 heteroatoms. The molecule has 4 heterocycles. The third-order valence-corrected chi connectivity index (χ3v) is 4.85. The number of aryl methyl sites for hydroxylation is 2. The van der Waals surface area contributed by atoms with E-state index in [0.717, 1.165) is 20.4 Å². The van der Waals surface area contributed by atoms with Gasteiger partial charge < -0.3 is 5.11 Å². The van der Waals surface area contributed by atoms with E-state index in [1.54, 1.807) is 32.4 Å². The number of aliphatic hydroxyl groups is 1. The smallest absolute Gasteiger partial charge is 0.334 e.